The molecule has 0 aliphatic rings. The molecule has 9 nitrogen and oxygen atoms in total. The predicted octanol–water partition coefficient (Wildman–Crippen LogP) is 3.88. The van der Waals surface area contributed by atoms with Gasteiger partial charge < -0.3 is 19.2 Å². The van der Waals surface area contributed by atoms with Crippen molar-refractivity contribution in [3.05, 3.63) is 60.7 Å². The number of H-pyrrole nitrogens is 1. The van der Waals surface area contributed by atoms with Crippen LogP contribution in [0.15, 0.2) is 59.9 Å². The number of fused-ring (bicyclic) bond motifs is 1. The molecule has 0 aliphatic heterocycles. The van der Waals surface area contributed by atoms with Gasteiger partial charge in [-0.1, -0.05) is 0 Å². The maximum atomic E-state index is 12.4. The van der Waals surface area contributed by atoms with Crippen molar-refractivity contribution >= 4 is 26.6 Å². The Labute approximate surface area is 179 Å². The average molecular weight is 440 g/mol. The molecule has 0 atom stereocenters. The van der Waals surface area contributed by atoms with E-state index in [1.165, 1.54) is 6.20 Å². The molecule has 2 N–H and O–H groups in total. The van der Waals surface area contributed by atoms with E-state index in [-0.39, 0.29) is 5.03 Å². The summed E-state index contributed by atoms with van der Waals surface area (Å²) in [6.07, 6.45) is 2.91. The van der Waals surface area contributed by atoms with Gasteiger partial charge in [-0.3, -0.25) is 9.71 Å². The topological polar surface area (TPSA) is 115 Å². The molecule has 0 aliphatic carbocycles. The Hall–Kier alpha value is -3.79. The number of benzene rings is 2. The van der Waals surface area contributed by atoms with Gasteiger partial charge in [0.05, 0.1) is 25.9 Å². The number of hydrogen-bond donors (Lipinski definition) is 2. The second-order valence-corrected chi connectivity index (χ2v) is 8.25. The van der Waals surface area contributed by atoms with Crippen LogP contribution in [0.1, 0.15) is 5.82 Å². The summed E-state index contributed by atoms with van der Waals surface area (Å²) in [5, 5.41) is 0.748. The number of aromatic amines is 1. The number of sulfonamides is 1. The fourth-order valence-electron chi connectivity index (χ4n) is 3.00. The molecule has 4 aromatic rings. The molecule has 0 saturated carbocycles. The van der Waals surface area contributed by atoms with E-state index < -0.39 is 10.0 Å². The highest BCUT2D eigenvalue weighted by atomic mass is 32.2. The second-order valence-electron chi connectivity index (χ2n) is 6.60. The maximum Gasteiger partial charge on any atom is 0.278 e. The number of ether oxygens (including phenoxy) is 3. The third kappa shape index (κ3) is 4.24. The van der Waals surface area contributed by atoms with Crippen molar-refractivity contribution in [1.82, 2.24) is 15.0 Å². The first-order valence-corrected chi connectivity index (χ1v) is 10.7. The van der Waals surface area contributed by atoms with Crippen LogP contribution in [0, 0.1) is 6.92 Å². The molecule has 160 valence electrons. The Morgan fingerprint density at radius 2 is 1.65 bits per heavy atom. The first-order valence-electron chi connectivity index (χ1n) is 9.22. The molecule has 0 radical (unpaired) electrons. The number of aromatic nitrogens is 3. The van der Waals surface area contributed by atoms with Crippen molar-refractivity contribution in [2.45, 2.75) is 11.9 Å². The van der Waals surface area contributed by atoms with Crippen LogP contribution in [0.5, 0.6) is 23.0 Å². The van der Waals surface area contributed by atoms with Crippen LogP contribution in [-0.4, -0.2) is 37.6 Å². The molecule has 2 aromatic carbocycles. The second kappa shape index (κ2) is 8.15. The highest BCUT2D eigenvalue weighted by Gasteiger charge is 2.17. The van der Waals surface area contributed by atoms with Gasteiger partial charge in [-0.05, 0) is 43.3 Å². The molecule has 4 rings (SSSR count). The van der Waals surface area contributed by atoms with Gasteiger partial charge >= 0.3 is 0 Å². The van der Waals surface area contributed by atoms with Crippen LogP contribution >= 0.6 is 0 Å². The molecular formula is C21H20N4O5S. The summed E-state index contributed by atoms with van der Waals surface area (Å²) in [5.41, 5.74) is 1.08. The molecule has 0 spiro atoms. The van der Waals surface area contributed by atoms with Gasteiger partial charge in [0.25, 0.3) is 10.0 Å². The first-order chi connectivity index (χ1) is 14.9. The number of nitrogens with zero attached hydrogens (tertiary/aromatic N) is 2. The third-order valence-corrected chi connectivity index (χ3v) is 5.80. The highest BCUT2D eigenvalue weighted by molar-refractivity contribution is 7.92. The number of nitrogens with one attached hydrogen (secondary N) is 2. The Bertz CT molecular complexity index is 1330. The Morgan fingerprint density at radius 1 is 0.935 bits per heavy atom. The fraction of sp³-hybridized carbons (Fsp3) is 0.143. The van der Waals surface area contributed by atoms with E-state index >= 15 is 0 Å². The SMILES string of the molecule is COc1cc2nccc(Oc3ccc(NS(=O)(=O)c4cnc(C)[nH]4)cc3)c2cc1OC. The third-order valence-electron chi connectivity index (χ3n) is 4.51. The number of imidazole rings is 1. The molecule has 10 heteroatoms. The number of aryl methyl sites for hydroxylation is 1. The van der Waals surface area contributed by atoms with Crippen molar-refractivity contribution in [2.75, 3.05) is 18.9 Å². The summed E-state index contributed by atoms with van der Waals surface area (Å²) in [4.78, 5) is 11.0. The molecule has 0 fully saturated rings. The minimum atomic E-state index is -3.75. The van der Waals surface area contributed by atoms with Gasteiger partial charge in [0, 0.05) is 23.3 Å². The maximum absolute atomic E-state index is 12.4. The van der Waals surface area contributed by atoms with E-state index in [2.05, 4.69) is 19.7 Å². The standard InChI is InChI=1S/C21H20N4O5S/c1-13-23-12-21(24-13)31(26,27)25-14-4-6-15(7-5-14)30-18-8-9-22-17-11-20(29-3)19(28-2)10-16(17)18/h4-12,25H,1-3H3,(H,23,24). The molecule has 0 unspecified atom stereocenters. The van der Waals surface area contributed by atoms with Crippen molar-refractivity contribution in [3.63, 3.8) is 0 Å². The lowest BCUT2D eigenvalue weighted by Crippen LogP contribution is -2.13. The van der Waals surface area contributed by atoms with Crippen molar-refractivity contribution in [3.8, 4) is 23.0 Å². The fourth-order valence-corrected chi connectivity index (χ4v) is 4.03. The predicted molar refractivity (Wildman–Crippen MR) is 115 cm³/mol. The molecule has 2 aromatic heterocycles. The smallest absolute Gasteiger partial charge is 0.278 e. The van der Waals surface area contributed by atoms with E-state index in [1.54, 1.807) is 69.8 Å². The summed E-state index contributed by atoms with van der Waals surface area (Å²) in [6, 6.07) is 11.9. The van der Waals surface area contributed by atoms with Crippen LogP contribution in [0.3, 0.4) is 0 Å². The van der Waals surface area contributed by atoms with E-state index in [4.69, 9.17) is 14.2 Å². The van der Waals surface area contributed by atoms with Gasteiger partial charge in [0.2, 0.25) is 0 Å². The highest BCUT2D eigenvalue weighted by Crippen LogP contribution is 2.37. The summed E-state index contributed by atoms with van der Waals surface area (Å²) in [5.74, 6) is 2.76. The number of pyridine rings is 1. The van der Waals surface area contributed by atoms with E-state index in [9.17, 15) is 8.42 Å². The lowest BCUT2D eigenvalue weighted by Gasteiger charge is -2.13. The minimum Gasteiger partial charge on any atom is -0.493 e. The minimum absolute atomic E-state index is 0.00189. The first kappa shape index (κ1) is 20.5. The van der Waals surface area contributed by atoms with E-state index in [0.29, 0.717) is 40.0 Å². The van der Waals surface area contributed by atoms with Crippen molar-refractivity contribution in [1.29, 1.82) is 0 Å². The number of methoxy groups -OCH3 is 2. The van der Waals surface area contributed by atoms with Gasteiger partial charge in [0.15, 0.2) is 16.5 Å². The Morgan fingerprint density at radius 3 is 2.29 bits per heavy atom. The summed E-state index contributed by atoms with van der Waals surface area (Å²) < 4.78 is 44.0. The van der Waals surface area contributed by atoms with Gasteiger partial charge in [0.1, 0.15) is 17.3 Å². The molecule has 0 bridgehead atoms. The number of anilines is 1. The molecule has 0 saturated heterocycles. The molecule has 31 heavy (non-hydrogen) atoms. The zero-order chi connectivity index (χ0) is 22.0. The quantitative estimate of drug-likeness (QED) is 0.448. The van der Waals surface area contributed by atoms with Crippen LogP contribution in [-0.2, 0) is 10.0 Å². The monoisotopic (exact) mass is 440 g/mol. The van der Waals surface area contributed by atoms with Crippen molar-refractivity contribution < 1.29 is 22.6 Å². The lowest BCUT2D eigenvalue weighted by atomic mass is 10.2. The Balaban J connectivity index is 1.57. The van der Waals surface area contributed by atoms with Crippen molar-refractivity contribution in [2.24, 2.45) is 0 Å². The van der Waals surface area contributed by atoms with Gasteiger partial charge in [-0.15, -0.1) is 0 Å². The molecule has 0 amide bonds. The number of hydrogen-bond acceptors (Lipinski definition) is 7. The zero-order valence-corrected chi connectivity index (χ0v) is 17.9. The Kier molecular flexibility index (Phi) is 5.38. The average Bonchev–Trinajstić information content (AvgIpc) is 3.21. The van der Waals surface area contributed by atoms with E-state index in [0.717, 1.165) is 5.39 Å². The van der Waals surface area contributed by atoms with Gasteiger partial charge in [-0.2, -0.15) is 8.42 Å². The van der Waals surface area contributed by atoms with Crippen LogP contribution < -0.4 is 18.9 Å². The molecular weight excluding hydrogens is 420 g/mol. The largest absolute Gasteiger partial charge is 0.493 e. The molecule has 2 heterocycles. The van der Waals surface area contributed by atoms with E-state index in [1.807, 2.05) is 0 Å². The zero-order valence-electron chi connectivity index (χ0n) is 17.0. The lowest BCUT2D eigenvalue weighted by molar-refractivity contribution is 0.355. The normalized spacial score (nSPS) is 11.3. The number of rotatable bonds is 7. The van der Waals surface area contributed by atoms with Crippen LogP contribution in [0.4, 0.5) is 5.69 Å². The van der Waals surface area contributed by atoms with Gasteiger partial charge in [-0.25, -0.2) is 4.98 Å². The van der Waals surface area contributed by atoms with Crippen LogP contribution in [0.2, 0.25) is 0 Å². The summed E-state index contributed by atoms with van der Waals surface area (Å²) >= 11 is 0. The van der Waals surface area contributed by atoms with Crippen LogP contribution in [0.25, 0.3) is 10.9 Å². The summed E-state index contributed by atoms with van der Waals surface area (Å²) in [6.45, 7) is 1.68. The summed E-state index contributed by atoms with van der Waals surface area (Å²) in [7, 11) is -0.627.